The predicted octanol–water partition coefficient (Wildman–Crippen LogP) is 2.85. The van der Waals surface area contributed by atoms with Crippen molar-refractivity contribution in [3.63, 3.8) is 0 Å². The minimum absolute atomic E-state index is 0.0587. The number of nitrogens with one attached hydrogen (secondary N) is 1. The van der Waals surface area contributed by atoms with Gasteiger partial charge in [0.05, 0.1) is 11.9 Å². The maximum absolute atomic E-state index is 5.59. The van der Waals surface area contributed by atoms with Crippen LogP contribution < -0.4 is 10.1 Å². The Hall–Kier alpha value is -1.88. The summed E-state index contributed by atoms with van der Waals surface area (Å²) in [6, 6.07) is 5.70. The Bertz CT molecular complexity index is 541. The molecule has 0 atom stereocenters. The van der Waals surface area contributed by atoms with Gasteiger partial charge in [-0.05, 0) is 39.8 Å². The van der Waals surface area contributed by atoms with Crippen LogP contribution in [0, 0.1) is 6.92 Å². The fourth-order valence-electron chi connectivity index (χ4n) is 1.56. The van der Waals surface area contributed by atoms with Crippen LogP contribution in [0.1, 0.15) is 37.9 Å². The summed E-state index contributed by atoms with van der Waals surface area (Å²) >= 11 is 0. The van der Waals surface area contributed by atoms with Crippen LogP contribution in [0.2, 0.25) is 0 Å². The number of aromatic nitrogens is 2. The number of hydrogen-bond donors (Lipinski definition) is 1. The topological polar surface area (TPSA) is 60.2 Å². The smallest absolute Gasteiger partial charge is 0.174 e. The van der Waals surface area contributed by atoms with E-state index >= 15 is 0 Å². The van der Waals surface area contributed by atoms with Crippen LogP contribution in [0.4, 0.5) is 0 Å². The number of ether oxygens (including phenoxy) is 1. The van der Waals surface area contributed by atoms with Crippen molar-refractivity contribution in [1.82, 2.24) is 15.5 Å². The molecular weight excluding hydrogens is 254 g/mol. The van der Waals surface area contributed by atoms with Gasteiger partial charge < -0.3 is 14.6 Å². The average Bonchev–Trinajstić information content (AvgIpc) is 2.83. The van der Waals surface area contributed by atoms with Crippen LogP contribution in [0.5, 0.6) is 5.75 Å². The second-order valence-electron chi connectivity index (χ2n) is 5.81. The summed E-state index contributed by atoms with van der Waals surface area (Å²) in [6.07, 6.45) is 1.70. The monoisotopic (exact) mass is 275 g/mol. The molecule has 0 aromatic carbocycles. The van der Waals surface area contributed by atoms with E-state index in [2.05, 4.69) is 36.2 Å². The molecule has 2 aromatic rings. The molecule has 0 radical (unpaired) electrons. The fraction of sp³-hybridized carbons (Fsp3) is 0.467. The van der Waals surface area contributed by atoms with Crippen LogP contribution in [0.15, 0.2) is 28.9 Å². The van der Waals surface area contributed by atoms with E-state index in [0.717, 1.165) is 17.1 Å². The standard InChI is InChI=1S/C15H21N3O2/c1-11-5-6-13(9-16-11)19-10-14-7-12(18-20-14)8-17-15(2,3)4/h5-7,9,17H,8,10H2,1-4H3. The van der Waals surface area contributed by atoms with E-state index in [1.54, 1.807) is 6.20 Å². The van der Waals surface area contributed by atoms with Crippen LogP contribution in [-0.4, -0.2) is 15.7 Å². The first-order valence-electron chi connectivity index (χ1n) is 6.67. The summed E-state index contributed by atoms with van der Waals surface area (Å²) in [5, 5.41) is 7.37. The maximum atomic E-state index is 5.59. The Morgan fingerprint density at radius 2 is 2.10 bits per heavy atom. The molecule has 0 saturated carbocycles. The zero-order valence-electron chi connectivity index (χ0n) is 12.4. The molecule has 0 spiro atoms. The molecule has 0 saturated heterocycles. The minimum atomic E-state index is 0.0587. The summed E-state index contributed by atoms with van der Waals surface area (Å²) in [6.45, 7) is 9.31. The quantitative estimate of drug-likeness (QED) is 0.909. The molecule has 2 aromatic heterocycles. The van der Waals surface area contributed by atoms with Gasteiger partial charge in [-0.25, -0.2) is 0 Å². The average molecular weight is 275 g/mol. The zero-order chi connectivity index (χ0) is 14.6. The van der Waals surface area contributed by atoms with Gasteiger partial charge in [-0.2, -0.15) is 0 Å². The summed E-state index contributed by atoms with van der Waals surface area (Å²) in [5.41, 5.74) is 1.90. The third-order valence-corrected chi connectivity index (χ3v) is 2.67. The zero-order valence-corrected chi connectivity index (χ0v) is 12.4. The van der Waals surface area contributed by atoms with Crippen molar-refractivity contribution in [1.29, 1.82) is 0 Å². The summed E-state index contributed by atoms with van der Waals surface area (Å²) in [7, 11) is 0. The highest BCUT2D eigenvalue weighted by Crippen LogP contribution is 2.12. The van der Waals surface area contributed by atoms with Crippen LogP contribution in [0.3, 0.4) is 0 Å². The molecule has 0 amide bonds. The van der Waals surface area contributed by atoms with Gasteiger partial charge in [0.2, 0.25) is 0 Å². The van der Waals surface area contributed by atoms with Crippen molar-refractivity contribution >= 4 is 0 Å². The normalized spacial score (nSPS) is 11.6. The van der Waals surface area contributed by atoms with Crippen molar-refractivity contribution < 1.29 is 9.26 Å². The Morgan fingerprint density at radius 1 is 1.30 bits per heavy atom. The molecule has 0 fully saturated rings. The highest BCUT2D eigenvalue weighted by molar-refractivity contribution is 5.19. The highest BCUT2D eigenvalue weighted by atomic mass is 16.5. The molecule has 0 aliphatic rings. The van der Waals surface area contributed by atoms with Gasteiger partial charge in [0.1, 0.15) is 12.4 Å². The van der Waals surface area contributed by atoms with Gasteiger partial charge in [-0.3, -0.25) is 4.98 Å². The first-order valence-corrected chi connectivity index (χ1v) is 6.67. The van der Waals surface area contributed by atoms with Crippen LogP contribution in [-0.2, 0) is 13.2 Å². The molecule has 108 valence electrons. The summed E-state index contributed by atoms with van der Waals surface area (Å²) in [5.74, 6) is 1.43. The van der Waals surface area contributed by atoms with E-state index in [-0.39, 0.29) is 5.54 Å². The summed E-state index contributed by atoms with van der Waals surface area (Å²) < 4.78 is 10.8. The second kappa shape index (κ2) is 6.05. The van der Waals surface area contributed by atoms with Crippen molar-refractivity contribution in [2.75, 3.05) is 0 Å². The Balaban J connectivity index is 1.85. The lowest BCUT2D eigenvalue weighted by Crippen LogP contribution is -2.35. The Kier molecular flexibility index (Phi) is 4.39. The number of rotatable bonds is 5. The number of hydrogen-bond acceptors (Lipinski definition) is 5. The lowest BCUT2D eigenvalue weighted by atomic mass is 10.1. The SMILES string of the molecule is Cc1ccc(OCc2cc(CNC(C)(C)C)no2)cn1. The molecule has 5 heteroatoms. The molecule has 5 nitrogen and oxygen atoms in total. The first-order chi connectivity index (χ1) is 9.42. The van der Waals surface area contributed by atoms with Crippen molar-refractivity contribution in [3.8, 4) is 5.75 Å². The molecule has 1 N–H and O–H groups in total. The van der Waals surface area contributed by atoms with E-state index in [9.17, 15) is 0 Å². The Labute approximate surface area is 119 Å². The molecule has 2 rings (SSSR count). The van der Waals surface area contributed by atoms with Gasteiger partial charge in [0.15, 0.2) is 5.76 Å². The largest absolute Gasteiger partial charge is 0.484 e. The maximum Gasteiger partial charge on any atom is 0.174 e. The third kappa shape index (κ3) is 4.66. The molecule has 0 aliphatic carbocycles. The van der Waals surface area contributed by atoms with Crippen LogP contribution >= 0.6 is 0 Å². The van der Waals surface area contributed by atoms with E-state index in [0.29, 0.717) is 18.9 Å². The summed E-state index contributed by atoms with van der Waals surface area (Å²) in [4.78, 5) is 4.17. The van der Waals surface area contributed by atoms with Gasteiger partial charge in [0, 0.05) is 23.8 Å². The minimum Gasteiger partial charge on any atom is -0.484 e. The molecular formula is C15H21N3O2. The van der Waals surface area contributed by atoms with Crippen molar-refractivity contribution in [2.24, 2.45) is 0 Å². The van der Waals surface area contributed by atoms with Crippen molar-refractivity contribution in [3.05, 3.63) is 41.5 Å². The molecule has 2 heterocycles. The molecule has 20 heavy (non-hydrogen) atoms. The van der Waals surface area contributed by atoms with Crippen LogP contribution in [0.25, 0.3) is 0 Å². The van der Waals surface area contributed by atoms with Gasteiger partial charge >= 0.3 is 0 Å². The van der Waals surface area contributed by atoms with E-state index in [1.165, 1.54) is 0 Å². The predicted molar refractivity (Wildman–Crippen MR) is 76.4 cm³/mol. The molecule has 0 unspecified atom stereocenters. The van der Waals surface area contributed by atoms with Gasteiger partial charge in [-0.15, -0.1) is 0 Å². The highest BCUT2D eigenvalue weighted by Gasteiger charge is 2.11. The number of aryl methyl sites for hydroxylation is 1. The Morgan fingerprint density at radius 3 is 2.75 bits per heavy atom. The van der Waals surface area contributed by atoms with E-state index in [1.807, 2.05) is 25.1 Å². The second-order valence-corrected chi connectivity index (χ2v) is 5.81. The molecule has 0 bridgehead atoms. The van der Waals surface area contributed by atoms with Crippen molar-refractivity contribution in [2.45, 2.75) is 46.4 Å². The fourth-order valence-corrected chi connectivity index (χ4v) is 1.56. The van der Waals surface area contributed by atoms with Gasteiger partial charge in [-0.1, -0.05) is 5.16 Å². The van der Waals surface area contributed by atoms with E-state index in [4.69, 9.17) is 9.26 Å². The lowest BCUT2D eigenvalue weighted by molar-refractivity contribution is 0.247. The third-order valence-electron chi connectivity index (χ3n) is 2.67. The van der Waals surface area contributed by atoms with E-state index < -0.39 is 0 Å². The molecule has 0 aliphatic heterocycles. The lowest BCUT2D eigenvalue weighted by Gasteiger charge is -2.19. The number of nitrogens with zero attached hydrogens (tertiary/aromatic N) is 2. The van der Waals surface area contributed by atoms with Gasteiger partial charge in [0.25, 0.3) is 0 Å². The first kappa shape index (κ1) is 14.5. The number of pyridine rings is 1.